The highest BCUT2D eigenvalue weighted by Crippen LogP contribution is 2.55. The van der Waals surface area contributed by atoms with Crippen molar-refractivity contribution in [3.8, 4) is 5.75 Å². The molecular formula is C28H38N4O7. The number of phenols is 1. The van der Waals surface area contributed by atoms with E-state index in [-0.39, 0.29) is 46.8 Å². The van der Waals surface area contributed by atoms with Crippen molar-refractivity contribution in [2.75, 3.05) is 47.2 Å². The minimum Gasteiger partial charge on any atom is -0.510 e. The number of nitrogens with two attached hydrogens (primary N) is 1. The summed E-state index contributed by atoms with van der Waals surface area (Å²) in [6.07, 6.45) is 1.94. The summed E-state index contributed by atoms with van der Waals surface area (Å²) in [4.78, 5) is 35.5. The summed E-state index contributed by atoms with van der Waals surface area (Å²) in [5, 5.41) is 47.8. The molecule has 11 heteroatoms. The molecule has 0 unspecified atom stereocenters. The van der Waals surface area contributed by atoms with E-state index in [0.29, 0.717) is 17.5 Å². The van der Waals surface area contributed by atoms with Crippen LogP contribution in [0.15, 0.2) is 34.6 Å². The van der Waals surface area contributed by atoms with Crippen LogP contribution in [0.1, 0.15) is 30.0 Å². The predicted molar refractivity (Wildman–Crippen MR) is 146 cm³/mol. The number of rotatable bonds is 6. The van der Waals surface area contributed by atoms with Crippen molar-refractivity contribution >= 4 is 23.1 Å². The molecule has 4 atom stereocenters. The van der Waals surface area contributed by atoms with E-state index in [1.807, 2.05) is 25.1 Å². The summed E-state index contributed by atoms with van der Waals surface area (Å²) in [5.74, 6) is -3.97. The summed E-state index contributed by atoms with van der Waals surface area (Å²) in [6.45, 7) is 1.76. The third kappa shape index (κ3) is 4.11. The standard InChI is InChI=1S/C28H38N4O7/c1-8-16-21(27(29)37)25(35)22(31(4)5)17-10-13-9-15-18(30(2)3)11-14(12-32(6)39-7)23(33)20(15)24(34)19(13)26(36)28(16,17)38/h8,11,13,17,22,33-35,38H,9-10,12H2,1-7H3,(H2,29,37)/b16-8-/t13-,17-,22-,28-/m0/s1. The normalized spacial score (nSPS) is 27.7. The maximum Gasteiger partial charge on any atom is 0.252 e. The van der Waals surface area contributed by atoms with Crippen molar-refractivity contribution in [1.82, 2.24) is 9.96 Å². The molecule has 11 nitrogen and oxygen atoms in total. The van der Waals surface area contributed by atoms with Gasteiger partial charge in [0, 0.05) is 49.5 Å². The van der Waals surface area contributed by atoms with Crippen molar-refractivity contribution in [1.29, 1.82) is 0 Å². The molecule has 0 radical (unpaired) electrons. The molecule has 6 N–H and O–H groups in total. The van der Waals surface area contributed by atoms with Gasteiger partial charge in [-0.15, -0.1) is 0 Å². The Morgan fingerprint density at radius 3 is 2.36 bits per heavy atom. The van der Waals surface area contributed by atoms with Crippen LogP contribution < -0.4 is 10.6 Å². The minimum atomic E-state index is -2.23. The molecule has 0 aromatic heterocycles. The second-order valence-electron chi connectivity index (χ2n) is 11.0. The predicted octanol–water partition coefficient (Wildman–Crippen LogP) is 1.40. The van der Waals surface area contributed by atoms with Gasteiger partial charge in [-0.3, -0.25) is 14.5 Å². The lowest BCUT2D eigenvalue weighted by atomic mass is 9.55. The van der Waals surface area contributed by atoms with Crippen LogP contribution in [0, 0.1) is 11.8 Å². The van der Waals surface area contributed by atoms with E-state index < -0.39 is 40.9 Å². The zero-order valence-electron chi connectivity index (χ0n) is 23.4. The van der Waals surface area contributed by atoms with Crippen LogP contribution in [-0.2, 0) is 27.4 Å². The van der Waals surface area contributed by atoms with Crippen LogP contribution in [-0.4, -0.2) is 96.1 Å². The van der Waals surface area contributed by atoms with Crippen molar-refractivity contribution in [3.05, 3.63) is 51.3 Å². The van der Waals surface area contributed by atoms with Gasteiger partial charge in [-0.1, -0.05) is 6.08 Å². The maximum atomic E-state index is 14.3. The highest BCUT2D eigenvalue weighted by atomic mass is 16.7. The van der Waals surface area contributed by atoms with Gasteiger partial charge in [0.05, 0.1) is 30.8 Å². The van der Waals surface area contributed by atoms with E-state index in [1.165, 1.54) is 18.2 Å². The zero-order valence-corrected chi connectivity index (χ0v) is 23.4. The Labute approximate surface area is 228 Å². The van der Waals surface area contributed by atoms with Crippen LogP contribution in [0.2, 0.25) is 0 Å². The molecule has 1 amide bonds. The smallest absolute Gasteiger partial charge is 0.252 e. The van der Waals surface area contributed by atoms with E-state index in [0.717, 1.165) is 5.69 Å². The van der Waals surface area contributed by atoms with Crippen molar-refractivity contribution in [2.24, 2.45) is 17.6 Å². The highest BCUT2D eigenvalue weighted by molar-refractivity contribution is 6.14. The summed E-state index contributed by atoms with van der Waals surface area (Å²) in [5.41, 5.74) is 5.04. The average Bonchev–Trinajstić information content (AvgIpc) is 2.85. The Balaban J connectivity index is 1.99. The molecule has 0 saturated heterocycles. The van der Waals surface area contributed by atoms with Gasteiger partial charge >= 0.3 is 0 Å². The highest BCUT2D eigenvalue weighted by Gasteiger charge is 2.62. The number of phenolic OH excluding ortho intramolecular Hbond substituents is 1. The number of amides is 1. The zero-order chi connectivity index (χ0) is 29.1. The van der Waals surface area contributed by atoms with Gasteiger partial charge in [-0.25, -0.2) is 0 Å². The number of hydrogen-bond acceptors (Lipinski definition) is 10. The molecule has 1 fully saturated rings. The molecule has 212 valence electrons. The Hall–Kier alpha value is -3.38. The number of benzene rings is 1. The lowest BCUT2D eigenvalue weighted by Gasteiger charge is -2.52. The van der Waals surface area contributed by atoms with Crippen LogP contribution in [0.5, 0.6) is 5.75 Å². The van der Waals surface area contributed by atoms with Gasteiger partial charge < -0.3 is 35.9 Å². The fourth-order valence-corrected chi connectivity index (χ4v) is 6.63. The number of anilines is 1. The first-order chi connectivity index (χ1) is 18.2. The lowest BCUT2D eigenvalue weighted by molar-refractivity contribution is -0.143. The number of carbonyl (C=O) groups is 2. The summed E-state index contributed by atoms with van der Waals surface area (Å²) >= 11 is 0. The van der Waals surface area contributed by atoms with Gasteiger partial charge in [-0.05, 0) is 51.4 Å². The Kier molecular flexibility index (Phi) is 7.32. The minimum absolute atomic E-state index is 0.0134. The Bertz CT molecular complexity index is 1330. The number of hydrogen-bond donors (Lipinski definition) is 5. The molecular weight excluding hydrogens is 504 g/mol. The lowest BCUT2D eigenvalue weighted by Crippen LogP contribution is -2.63. The second-order valence-corrected chi connectivity index (χ2v) is 11.0. The molecule has 0 bridgehead atoms. The number of aliphatic hydroxyl groups excluding tert-OH is 2. The number of primary amides is 1. The molecule has 1 aromatic rings. The van der Waals surface area contributed by atoms with Crippen molar-refractivity contribution < 1.29 is 34.9 Å². The number of allylic oxidation sites excluding steroid dienone is 1. The molecule has 1 saturated carbocycles. The number of aliphatic hydroxyl groups is 3. The van der Waals surface area contributed by atoms with Crippen LogP contribution in [0.3, 0.4) is 0 Å². The quantitative estimate of drug-likeness (QED) is 0.333. The molecule has 3 aliphatic rings. The van der Waals surface area contributed by atoms with Gasteiger partial charge in [0.25, 0.3) is 5.91 Å². The number of Topliss-reactive ketones (excluding diaryl/α,β-unsaturated/α-hetero) is 1. The molecule has 4 rings (SSSR count). The molecule has 0 aliphatic heterocycles. The third-order valence-corrected chi connectivity index (χ3v) is 8.35. The molecule has 39 heavy (non-hydrogen) atoms. The Morgan fingerprint density at radius 1 is 1.21 bits per heavy atom. The van der Waals surface area contributed by atoms with Crippen molar-refractivity contribution in [3.63, 3.8) is 0 Å². The van der Waals surface area contributed by atoms with E-state index in [1.54, 1.807) is 33.0 Å². The monoisotopic (exact) mass is 542 g/mol. The molecule has 0 spiro atoms. The molecule has 3 aliphatic carbocycles. The number of likely N-dealkylation sites (N-methyl/N-ethyl adjacent to an activating group) is 1. The van der Waals surface area contributed by atoms with Gasteiger partial charge in [0.15, 0.2) is 11.4 Å². The SMILES string of the molecule is C/C=C1/C(C(N)=O)=C(O)[C@@H](N(C)C)[C@@H]2C[C@@H]3Cc4c(N(C)C)cc(CN(C)OC)c(O)c4C(O)=C3C(=O)[C@]12O. The van der Waals surface area contributed by atoms with E-state index >= 15 is 0 Å². The number of aromatic hydroxyl groups is 1. The first-order valence-electron chi connectivity index (χ1n) is 12.8. The fraction of sp³-hybridized carbons (Fsp3) is 0.500. The van der Waals surface area contributed by atoms with Gasteiger partial charge in [0.1, 0.15) is 17.3 Å². The first kappa shape index (κ1) is 28.6. The van der Waals surface area contributed by atoms with E-state index in [9.17, 15) is 30.0 Å². The maximum absolute atomic E-state index is 14.3. The average molecular weight is 543 g/mol. The Morgan fingerprint density at radius 2 is 1.85 bits per heavy atom. The van der Waals surface area contributed by atoms with Gasteiger partial charge in [-0.2, -0.15) is 5.06 Å². The van der Waals surface area contributed by atoms with Crippen LogP contribution in [0.25, 0.3) is 5.76 Å². The first-order valence-corrected chi connectivity index (χ1v) is 12.8. The summed E-state index contributed by atoms with van der Waals surface area (Å²) < 4.78 is 0. The largest absolute Gasteiger partial charge is 0.510 e. The van der Waals surface area contributed by atoms with E-state index in [4.69, 9.17) is 10.6 Å². The molecule has 1 aromatic carbocycles. The van der Waals surface area contributed by atoms with Crippen LogP contribution in [0.4, 0.5) is 5.69 Å². The number of fused-ring (bicyclic) bond motifs is 3. The fourth-order valence-electron chi connectivity index (χ4n) is 6.63. The number of hydroxylamine groups is 2. The van der Waals surface area contributed by atoms with Crippen LogP contribution >= 0.6 is 0 Å². The summed E-state index contributed by atoms with van der Waals surface area (Å²) in [6, 6.07) is 0.960. The number of ketones is 1. The second kappa shape index (κ2) is 9.98. The summed E-state index contributed by atoms with van der Waals surface area (Å²) in [7, 11) is 10.3. The number of nitrogens with zero attached hydrogens (tertiary/aromatic N) is 3. The van der Waals surface area contributed by atoms with Gasteiger partial charge in [0.2, 0.25) is 0 Å². The van der Waals surface area contributed by atoms with E-state index in [2.05, 4.69) is 0 Å². The topological polar surface area (TPSA) is 160 Å². The third-order valence-electron chi connectivity index (χ3n) is 8.35. The molecule has 0 heterocycles. The number of carbonyl (C=O) groups excluding carboxylic acids is 2. The van der Waals surface area contributed by atoms with Crippen molar-refractivity contribution in [2.45, 2.75) is 38.0 Å².